The largest absolute Gasteiger partial charge is 0.344 e. The molecule has 0 radical (unpaired) electrons. The zero-order valence-corrected chi connectivity index (χ0v) is 10.4. The second-order valence-electron chi connectivity index (χ2n) is 3.97. The van der Waals surface area contributed by atoms with E-state index in [4.69, 9.17) is 0 Å². The van der Waals surface area contributed by atoms with Gasteiger partial charge in [-0.1, -0.05) is 30.3 Å². The van der Waals surface area contributed by atoms with E-state index in [1.54, 1.807) is 36.4 Å². The minimum Gasteiger partial charge on any atom is -0.344 e. The maximum absolute atomic E-state index is 12.1. The van der Waals surface area contributed by atoms with E-state index in [1.165, 1.54) is 6.92 Å². The molecular weight excluding hydrogens is 242 g/mol. The number of anilines is 1. The van der Waals surface area contributed by atoms with E-state index in [0.717, 1.165) is 0 Å². The van der Waals surface area contributed by atoms with Crippen LogP contribution in [-0.4, -0.2) is 11.8 Å². The molecule has 4 nitrogen and oxygen atoms in total. The number of hydrogen-bond acceptors (Lipinski definition) is 4. The molecule has 0 bridgehead atoms. The summed E-state index contributed by atoms with van der Waals surface area (Å²) < 4.78 is 0. The topological polar surface area (TPSA) is 55.4 Å². The van der Waals surface area contributed by atoms with Crippen LogP contribution in [0.4, 0.5) is 5.69 Å². The Kier molecular flexibility index (Phi) is 3.93. The number of hydrogen-bond donors (Lipinski definition) is 1. The quantitative estimate of drug-likeness (QED) is 0.674. The molecule has 0 spiro atoms. The molecular formula is C15H13NO3. The summed E-state index contributed by atoms with van der Waals surface area (Å²) in [4.78, 5) is 27.4. The Morgan fingerprint density at radius 2 is 1.47 bits per heavy atom. The molecule has 0 aliphatic rings. The van der Waals surface area contributed by atoms with Gasteiger partial charge in [-0.25, -0.2) is 5.48 Å². The summed E-state index contributed by atoms with van der Waals surface area (Å²) in [5.74, 6) is -0.468. The van der Waals surface area contributed by atoms with E-state index in [-0.39, 0.29) is 5.78 Å². The Hall–Kier alpha value is -2.62. The third kappa shape index (κ3) is 3.42. The van der Waals surface area contributed by atoms with Gasteiger partial charge in [-0.3, -0.25) is 9.59 Å². The van der Waals surface area contributed by atoms with Crippen LogP contribution in [0.25, 0.3) is 0 Å². The van der Waals surface area contributed by atoms with Crippen molar-refractivity contribution in [2.75, 3.05) is 5.48 Å². The van der Waals surface area contributed by atoms with Crippen molar-refractivity contribution < 1.29 is 14.4 Å². The number of carbonyl (C=O) groups excluding carboxylic acids is 2. The van der Waals surface area contributed by atoms with Crippen LogP contribution in [0.2, 0.25) is 0 Å². The highest BCUT2D eigenvalue weighted by Crippen LogP contribution is 2.13. The standard InChI is InChI=1S/C15H13NO3/c1-11(17)19-16-14-9-7-13(8-10-14)15(18)12-5-3-2-4-6-12/h2-10,16H,1H3. The lowest BCUT2D eigenvalue weighted by Crippen LogP contribution is -2.06. The summed E-state index contributed by atoms with van der Waals surface area (Å²) in [6, 6.07) is 15.8. The number of carbonyl (C=O) groups is 2. The first-order valence-corrected chi connectivity index (χ1v) is 5.80. The molecule has 0 saturated heterocycles. The van der Waals surface area contributed by atoms with Gasteiger partial charge in [0.05, 0.1) is 5.69 Å². The Balaban J connectivity index is 2.10. The molecule has 96 valence electrons. The summed E-state index contributed by atoms with van der Waals surface area (Å²) in [5.41, 5.74) is 4.32. The second kappa shape index (κ2) is 5.82. The first-order chi connectivity index (χ1) is 9.16. The molecule has 0 aromatic heterocycles. The Morgan fingerprint density at radius 3 is 2.05 bits per heavy atom. The molecule has 0 fully saturated rings. The first-order valence-electron chi connectivity index (χ1n) is 5.80. The van der Waals surface area contributed by atoms with Crippen molar-refractivity contribution in [2.24, 2.45) is 0 Å². The molecule has 0 saturated carbocycles. The Bertz CT molecular complexity index is 576. The molecule has 0 unspecified atom stereocenters. The average Bonchev–Trinajstić information content (AvgIpc) is 2.46. The van der Waals surface area contributed by atoms with Crippen molar-refractivity contribution in [3.63, 3.8) is 0 Å². The molecule has 1 N–H and O–H groups in total. The summed E-state index contributed by atoms with van der Waals surface area (Å²) in [6.07, 6.45) is 0. The molecule has 0 amide bonds. The minimum atomic E-state index is -0.426. The monoisotopic (exact) mass is 255 g/mol. The van der Waals surface area contributed by atoms with Crippen LogP contribution in [0, 0.1) is 0 Å². The van der Waals surface area contributed by atoms with Gasteiger partial charge in [0.25, 0.3) is 0 Å². The van der Waals surface area contributed by atoms with Crippen molar-refractivity contribution >= 4 is 17.4 Å². The van der Waals surface area contributed by atoms with Crippen molar-refractivity contribution in [3.05, 3.63) is 65.7 Å². The van der Waals surface area contributed by atoms with Gasteiger partial charge in [-0.05, 0) is 24.3 Å². The van der Waals surface area contributed by atoms with Gasteiger partial charge in [0.2, 0.25) is 0 Å². The first kappa shape index (κ1) is 12.8. The summed E-state index contributed by atoms with van der Waals surface area (Å²) >= 11 is 0. The van der Waals surface area contributed by atoms with Crippen LogP contribution >= 0.6 is 0 Å². The Labute approximate surface area is 111 Å². The fourth-order valence-corrected chi connectivity index (χ4v) is 1.58. The van der Waals surface area contributed by atoms with Gasteiger partial charge >= 0.3 is 5.97 Å². The van der Waals surface area contributed by atoms with E-state index in [9.17, 15) is 9.59 Å². The fraction of sp³-hybridized carbons (Fsp3) is 0.0667. The predicted octanol–water partition coefficient (Wildman–Crippen LogP) is 2.81. The van der Waals surface area contributed by atoms with Crippen LogP contribution in [-0.2, 0) is 9.63 Å². The van der Waals surface area contributed by atoms with Crippen molar-refractivity contribution in [1.29, 1.82) is 0 Å². The van der Waals surface area contributed by atoms with E-state index in [0.29, 0.717) is 16.8 Å². The number of benzene rings is 2. The van der Waals surface area contributed by atoms with Gasteiger partial charge in [-0.15, -0.1) is 0 Å². The SMILES string of the molecule is CC(=O)ONc1ccc(C(=O)c2ccccc2)cc1. The lowest BCUT2D eigenvalue weighted by atomic mass is 10.0. The normalized spacial score (nSPS) is 9.74. The smallest absolute Gasteiger partial charge is 0.329 e. The fourth-order valence-electron chi connectivity index (χ4n) is 1.58. The highest BCUT2D eigenvalue weighted by Gasteiger charge is 2.08. The maximum atomic E-state index is 12.1. The molecule has 0 atom stereocenters. The minimum absolute atomic E-state index is 0.0420. The van der Waals surface area contributed by atoms with E-state index < -0.39 is 5.97 Å². The molecule has 19 heavy (non-hydrogen) atoms. The number of ketones is 1. The average molecular weight is 255 g/mol. The Morgan fingerprint density at radius 1 is 0.895 bits per heavy atom. The van der Waals surface area contributed by atoms with Gasteiger partial charge in [0.15, 0.2) is 5.78 Å². The summed E-state index contributed by atoms with van der Waals surface area (Å²) in [5, 5.41) is 0. The zero-order valence-electron chi connectivity index (χ0n) is 10.4. The summed E-state index contributed by atoms with van der Waals surface area (Å²) in [6.45, 7) is 1.31. The molecule has 0 heterocycles. The van der Waals surface area contributed by atoms with Gasteiger partial charge < -0.3 is 4.84 Å². The maximum Gasteiger partial charge on any atom is 0.329 e. The molecule has 2 rings (SSSR count). The van der Waals surface area contributed by atoms with E-state index >= 15 is 0 Å². The predicted molar refractivity (Wildman–Crippen MR) is 71.7 cm³/mol. The number of nitrogens with one attached hydrogen (secondary N) is 1. The number of rotatable bonds is 4. The molecule has 2 aromatic carbocycles. The lowest BCUT2D eigenvalue weighted by molar-refractivity contribution is -0.138. The molecule has 4 heteroatoms. The second-order valence-corrected chi connectivity index (χ2v) is 3.97. The van der Waals surface area contributed by atoms with Crippen molar-refractivity contribution in [1.82, 2.24) is 0 Å². The molecule has 2 aromatic rings. The van der Waals surface area contributed by atoms with Gasteiger partial charge in [0.1, 0.15) is 0 Å². The molecule has 0 aliphatic heterocycles. The van der Waals surface area contributed by atoms with Gasteiger partial charge in [-0.2, -0.15) is 0 Å². The van der Waals surface area contributed by atoms with Crippen LogP contribution < -0.4 is 5.48 Å². The van der Waals surface area contributed by atoms with Crippen molar-refractivity contribution in [3.8, 4) is 0 Å². The highest BCUT2D eigenvalue weighted by molar-refractivity contribution is 6.09. The third-order valence-corrected chi connectivity index (χ3v) is 2.50. The zero-order chi connectivity index (χ0) is 13.7. The van der Waals surface area contributed by atoms with Gasteiger partial charge in [0, 0.05) is 18.1 Å². The van der Waals surface area contributed by atoms with Crippen LogP contribution in [0.15, 0.2) is 54.6 Å². The van der Waals surface area contributed by atoms with Crippen LogP contribution in [0.3, 0.4) is 0 Å². The van der Waals surface area contributed by atoms with Crippen molar-refractivity contribution in [2.45, 2.75) is 6.92 Å². The van der Waals surface area contributed by atoms with E-state index in [1.807, 2.05) is 18.2 Å². The van der Waals surface area contributed by atoms with Crippen LogP contribution in [0.1, 0.15) is 22.8 Å². The van der Waals surface area contributed by atoms with E-state index in [2.05, 4.69) is 10.3 Å². The summed E-state index contributed by atoms with van der Waals surface area (Å²) in [7, 11) is 0. The third-order valence-electron chi connectivity index (χ3n) is 2.50. The van der Waals surface area contributed by atoms with Crippen LogP contribution in [0.5, 0.6) is 0 Å². The highest BCUT2D eigenvalue weighted by atomic mass is 16.7. The molecule has 0 aliphatic carbocycles. The lowest BCUT2D eigenvalue weighted by Gasteiger charge is -2.06.